The lowest BCUT2D eigenvalue weighted by atomic mass is 10.1. The Balaban J connectivity index is 3.29. The number of ketones is 1. The van der Waals surface area contributed by atoms with E-state index in [0.717, 1.165) is 12.8 Å². The molecule has 1 heteroatoms. The van der Waals surface area contributed by atoms with Gasteiger partial charge in [0, 0.05) is 6.42 Å². The van der Waals surface area contributed by atoms with Crippen LogP contribution < -0.4 is 0 Å². The Morgan fingerprint density at radius 1 is 1.17 bits per heavy atom. The molecule has 0 unspecified atom stereocenters. The van der Waals surface area contributed by atoms with Crippen molar-refractivity contribution >= 4 is 5.78 Å². The molecule has 0 fully saturated rings. The number of hydrogen-bond acceptors (Lipinski definition) is 1. The first-order valence-electron chi connectivity index (χ1n) is 5.00. The predicted molar refractivity (Wildman–Crippen MR) is 53.2 cm³/mol. The highest BCUT2D eigenvalue weighted by Gasteiger charge is 1.91. The molecule has 0 rings (SSSR count). The molecule has 0 aliphatic heterocycles. The van der Waals surface area contributed by atoms with E-state index < -0.39 is 0 Å². The molecule has 0 aliphatic carbocycles. The molecule has 12 heavy (non-hydrogen) atoms. The van der Waals surface area contributed by atoms with Gasteiger partial charge in [-0.15, -0.1) is 0 Å². The Bertz CT molecular complexity index is 136. The zero-order valence-electron chi connectivity index (χ0n) is 8.31. The van der Waals surface area contributed by atoms with Crippen LogP contribution in [0.1, 0.15) is 52.4 Å². The molecule has 0 aromatic heterocycles. The number of carbonyl (C=O) groups excluding carboxylic acids is 1. The SMILES string of the molecule is CCCCC/C=C\C(=O)CCC. The van der Waals surface area contributed by atoms with E-state index in [1.54, 1.807) is 6.08 Å². The van der Waals surface area contributed by atoms with E-state index in [9.17, 15) is 4.79 Å². The van der Waals surface area contributed by atoms with Crippen LogP contribution in [-0.4, -0.2) is 5.78 Å². The molecule has 0 amide bonds. The minimum Gasteiger partial charge on any atom is -0.295 e. The fraction of sp³-hybridized carbons (Fsp3) is 0.727. The lowest BCUT2D eigenvalue weighted by Crippen LogP contribution is -1.89. The van der Waals surface area contributed by atoms with Crippen LogP contribution in [0.5, 0.6) is 0 Å². The van der Waals surface area contributed by atoms with Crippen LogP contribution in [0, 0.1) is 0 Å². The molecule has 0 saturated carbocycles. The summed E-state index contributed by atoms with van der Waals surface area (Å²) in [6.45, 7) is 4.22. The van der Waals surface area contributed by atoms with E-state index in [-0.39, 0.29) is 5.78 Å². The van der Waals surface area contributed by atoms with Gasteiger partial charge in [0.25, 0.3) is 0 Å². The molecule has 0 spiro atoms. The predicted octanol–water partition coefficient (Wildman–Crippen LogP) is 3.49. The topological polar surface area (TPSA) is 17.1 Å². The maximum atomic E-state index is 11.0. The zero-order valence-corrected chi connectivity index (χ0v) is 8.31. The van der Waals surface area contributed by atoms with Crippen molar-refractivity contribution in [3.63, 3.8) is 0 Å². The van der Waals surface area contributed by atoms with Crippen LogP contribution in [0.15, 0.2) is 12.2 Å². The van der Waals surface area contributed by atoms with Gasteiger partial charge in [-0.1, -0.05) is 32.8 Å². The maximum Gasteiger partial charge on any atom is 0.155 e. The Morgan fingerprint density at radius 3 is 2.50 bits per heavy atom. The van der Waals surface area contributed by atoms with Gasteiger partial charge in [-0.2, -0.15) is 0 Å². The van der Waals surface area contributed by atoms with E-state index in [2.05, 4.69) is 6.92 Å². The molecule has 0 atom stereocenters. The highest BCUT2D eigenvalue weighted by atomic mass is 16.1. The smallest absolute Gasteiger partial charge is 0.155 e. The first-order valence-corrected chi connectivity index (χ1v) is 5.00. The highest BCUT2D eigenvalue weighted by molar-refractivity contribution is 5.89. The number of hydrogen-bond donors (Lipinski definition) is 0. The van der Waals surface area contributed by atoms with Gasteiger partial charge in [0.05, 0.1) is 0 Å². The average molecular weight is 168 g/mol. The molecular formula is C11H20O. The standard InChI is InChI=1S/C11H20O/c1-3-5-6-7-8-10-11(12)9-4-2/h8,10H,3-7,9H2,1-2H3/b10-8-. The maximum absolute atomic E-state index is 11.0. The molecule has 0 aliphatic rings. The first kappa shape index (κ1) is 11.4. The fourth-order valence-corrected chi connectivity index (χ4v) is 1.06. The summed E-state index contributed by atoms with van der Waals surface area (Å²) in [7, 11) is 0. The van der Waals surface area contributed by atoms with Gasteiger partial charge in [0.1, 0.15) is 0 Å². The molecular weight excluding hydrogens is 148 g/mol. The van der Waals surface area contributed by atoms with Crippen LogP contribution in [0.4, 0.5) is 0 Å². The quantitative estimate of drug-likeness (QED) is 0.420. The highest BCUT2D eigenvalue weighted by Crippen LogP contribution is 2.00. The minimum absolute atomic E-state index is 0.272. The van der Waals surface area contributed by atoms with Crippen molar-refractivity contribution in [1.82, 2.24) is 0 Å². The van der Waals surface area contributed by atoms with Crippen LogP contribution in [0.25, 0.3) is 0 Å². The van der Waals surface area contributed by atoms with Gasteiger partial charge < -0.3 is 0 Å². The molecule has 0 N–H and O–H groups in total. The summed E-state index contributed by atoms with van der Waals surface area (Å²) in [6.07, 6.45) is 10.2. The normalized spacial score (nSPS) is 10.8. The number of rotatable bonds is 7. The second-order valence-corrected chi connectivity index (χ2v) is 3.11. The molecule has 0 radical (unpaired) electrons. The van der Waals surface area contributed by atoms with E-state index >= 15 is 0 Å². The lowest BCUT2D eigenvalue weighted by Gasteiger charge is -1.91. The molecule has 70 valence electrons. The molecule has 0 bridgehead atoms. The van der Waals surface area contributed by atoms with Crippen molar-refractivity contribution in [3.8, 4) is 0 Å². The van der Waals surface area contributed by atoms with Gasteiger partial charge in [-0.3, -0.25) is 4.79 Å². The summed E-state index contributed by atoms with van der Waals surface area (Å²) in [5.41, 5.74) is 0. The summed E-state index contributed by atoms with van der Waals surface area (Å²) in [5.74, 6) is 0.272. The Hall–Kier alpha value is -0.590. The minimum atomic E-state index is 0.272. The van der Waals surface area contributed by atoms with Crippen molar-refractivity contribution in [2.24, 2.45) is 0 Å². The summed E-state index contributed by atoms with van der Waals surface area (Å²) in [4.78, 5) is 11.0. The first-order chi connectivity index (χ1) is 5.81. The third kappa shape index (κ3) is 7.52. The largest absolute Gasteiger partial charge is 0.295 e. The summed E-state index contributed by atoms with van der Waals surface area (Å²) in [5, 5.41) is 0. The fourth-order valence-electron chi connectivity index (χ4n) is 1.06. The van der Waals surface area contributed by atoms with E-state index in [0.29, 0.717) is 6.42 Å². The van der Waals surface area contributed by atoms with Gasteiger partial charge in [-0.05, 0) is 25.3 Å². The van der Waals surface area contributed by atoms with Gasteiger partial charge in [-0.25, -0.2) is 0 Å². The number of unbranched alkanes of at least 4 members (excludes halogenated alkanes) is 3. The average Bonchev–Trinajstić information content (AvgIpc) is 2.05. The van der Waals surface area contributed by atoms with Crippen molar-refractivity contribution in [2.75, 3.05) is 0 Å². The van der Waals surface area contributed by atoms with Crippen molar-refractivity contribution in [1.29, 1.82) is 0 Å². The third-order valence-electron chi connectivity index (χ3n) is 1.77. The summed E-state index contributed by atoms with van der Waals surface area (Å²) in [6, 6.07) is 0. The number of carbonyl (C=O) groups is 1. The molecule has 0 aromatic rings. The van der Waals surface area contributed by atoms with Crippen LogP contribution in [-0.2, 0) is 4.79 Å². The monoisotopic (exact) mass is 168 g/mol. The zero-order chi connectivity index (χ0) is 9.23. The Labute approximate surface area is 75.9 Å². The Morgan fingerprint density at radius 2 is 1.92 bits per heavy atom. The summed E-state index contributed by atoms with van der Waals surface area (Å²) >= 11 is 0. The van der Waals surface area contributed by atoms with Crippen LogP contribution >= 0.6 is 0 Å². The lowest BCUT2D eigenvalue weighted by molar-refractivity contribution is -0.114. The number of allylic oxidation sites excluding steroid dienone is 2. The second kappa shape index (κ2) is 8.51. The van der Waals surface area contributed by atoms with Crippen molar-refractivity contribution < 1.29 is 4.79 Å². The third-order valence-corrected chi connectivity index (χ3v) is 1.77. The molecule has 1 nitrogen and oxygen atoms in total. The van der Waals surface area contributed by atoms with E-state index in [4.69, 9.17) is 0 Å². The van der Waals surface area contributed by atoms with Gasteiger partial charge >= 0.3 is 0 Å². The summed E-state index contributed by atoms with van der Waals surface area (Å²) < 4.78 is 0. The van der Waals surface area contributed by atoms with Crippen molar-refractivity contribution in [3.05, 3.63) is 12.2 Å². The molecule has 0 heterocycles. The molecule has 0 saturated heterocycles. The van der Waals surface area contributed by atoms with Gasteiger partial charge in [0.2, 0.25) is 0 Å². The van der Waals surface area contributed by atoms with Crippen LogP contribution in [0.3, 0.4) is 0 Å². The Kier molecular flexibility index (Phi) is 8.09. The van der Waals surface area contributed by atoms with Crippen LogP contribution in [0.2, 0.25) is 0 Å². The van der Waals surface area contributed by atoms with E-state index in [1.165, 1.54) is 19.3 Å². The van der Waals surface area contributed by atoms with Crippen molar-refractivity contribution in [2.45, 2.75) is 52.4 Å². The van der Waals surface area contributed by atoms with E-state index in [1.807, 2.05) is 13.0 Å². The van der Waals surface area contributed by atoms with Gasteiger partial charge in [0.15, 0.2) is 5.78 Å². The second-order valence-electron chi connectivity index (χ2n) is 3.11. The molecule has 0 aromatic carbocycles.